The van der Waals surface area contributed by atoms with Crippen LogP contribution in [0.1, 0.15) is 15.4 Å². The van der Waals surface area contributed by atoms with Gasteiger partial charge < -0.3 is 5.32 Å². The second kappa shape index (κ2) is 3.38. The maximum atomic E-state index is 11.3. The molecule has 3 nitrogen and oxygen atoms in total. The molecule has 2 aromatic heterocycles. The van der Waals surface area contributed by atoms with E-state index in [1.54, 1.807) is 7.05 Å². The maximum Gasteiger partial charge on any atom is 0.261 e. The van der Waals surface area contributed by atoms with Gasteiger partial charge >= 0.3 is 0 Å². The second-order valence-electron chi connectivity index (χ2n) is 3.04. The first-order valence-corrected chi connectivity index (χ1v) is 5.11. The number of amides is 1. The molecule has 2 heterocycles. The largest absolute Gasteiger partial charge is 0.354 e. The van der Waals surface area contributed by atoms with Crippen LogP contribution in [0.25, 0.3) is 10.2 Å². The molecule has 0 aromatic carbocycles. The molecule has 4 heteroatoms. The Kier molecular flexibility index (Phi) is 2.21. The van der Waals surface area contributed by atoms with Crippen molar-refractivity contribution in [1.82, 2.24) is 10.3 Å². The van der Waals surface area contributed by atoms with Crippen LogP contribution in [0.4, 0.5) is 0 Å². The summed E-state index contributed by atoms with van der Waals surface area (Å²) in [4.78, 5) is 17.3. The van der Waals surface area contributed by atoms with Gasteiger partial charge in [0.1, 0.15) is 4.83 Å². The summed E-state index contributed by atoms with van der Waals surface area (Å²) in [5, 5.41) is 3.63. The number of thiophene rings is 1. The number of nitrogens with one attached hydrogen (secondary N) is 1. The molecule has 0 atom stereocenters. The molecule has 0 radical (unpaired) electrons. The number of carbonyl (C=O) groups excluding carboxylic acids is 1. The van der Waals surface area contributed by atoms with Crippen LogP contribution in [0.15, 0.2) is 18.2 Å². The standard InChI is InChI=1S/C10H10N2OS/c1-6-3-4-7-5-8(9(13)11-2)14-10(7)12-6/h3-5H,1-2H3,(H,11,13). The van der Waals surface area contributed by atoms with Gasteiger partial charge in [-0.2, -0.15) is 0 Å². The van der Waals surface area contributed by atoms with Crippen LogP contribution < -0.4 is 5.32 Å². The highest BCUT2D eigenvalue weighted by Crippen LogP contribution is 2.23. The minimum Gasteiger partial charge on any atom is -0.354 e. The SMILES string of the molecule is CNC(=O)c1cc2ccc(C)nc2s1. The highest BCUT2D eigenvalue weighted by atomic mass is 32.1. The molecule has 0 aliphatic rings. The summed E-state index contributed by atoms with van der Waals surface area (Å²) in [6, 6.07) is 5.80. The number of hydrogen-bond acceptors (Lipinski definition) is 3. The average Bonchev–Trinajstić information content (AvgIpc) is 2.59. The molecule has 1 N–H and O–H groups in total. The molecular formula is C10H10N2OS. The van der Waals surface area contributed by atoms with Gasteiger partial charge in [0, 0.05) is 18.1 Å². The van der Waals surface area contributed by atoms with Gasteiger partial charge in [0.05, 0.1) is 4.88 Å². The minimum absolute atomic E-state index is 0.0503. The molecule has 0 spiro atoms. The first-order valence-electron chi connectivity index (χ1n) is 4.30. The Labute approximate surface area is 85.8 Å². The smallest absolute Gasteiger partial charge is 0.261 e. The van der Waals surface area contributed by atoms with E-state index in [1.165, 1.54) is 11.3 Å². The van der Waals surface area contributed by atoms with Crippen LogP contribution in [0.3, 0.4) is 0 Å². The Hall–Kier alpha value is -1.42. The van der Waals surface area contributed by atoms with E-state index < -0.39 is 0 Å². The van der Waals surface area contributed by atoms with Crippen LogP contribution in [0.5, 0.6) is 0 Å². The fourth-order valence-corrected chi connectivity index (χ4v) is 2.27. The molecule has 14 heavy (non-hydrogen) atoms. The molecule has 2 rings (SSSR count). The summed E-state index contributed by atoms with van der Waals surface area (Å²) in [7, 11) is 1.63. The van der Waals surface area contributed by atoms with Gasteiger partial charge in [0.25, 0.3) is 5.91 Å². The molecule has 1 amide bonds. The number of hydrogen-bond donors (Lipinski definition) is 1. The highest BCUT2D eigenvalue weighted by molar-refractivity contribution is 7.20. The van der Waals surface area contributed by atoms with Gasteiger partial charge in [0.2, 0.25) is 0 Å². The molecule has 0 aliphatic heterocycles. The monoisotopic (exact) mass is 206 g/mol. The van der Waals surface area contributed by atoms with Gasteiger partial charge in [-0.15, -0.1) is 11.3 Å². The van der Waals surface area contributed by atoms with Crippen LogP contribution in [-0.2, 0) is 0 Å². The molecule has 0 unspecified atom stereocenters. The predicted molar refractivity (Wildman–Crippen MR) is 57.7 cm³/mol. The molecule has 2 aromatic rings. The van der Waals surface area contributed by atoms with Crippen molar-refractivity contribution in [3.05, 3.63) is 28.8 Å². The van der Waals surface area contributed by atoms with Crippen molar-refractivity contribution in [2.24, 2.45) is 0 Å². The van der Waals surface area contributed by atoms with Crippen LogP contribution in [0.2, 0.25) is 0 Å². The van der Waals surface area contributed by atoms with E-state index in [9.17, 15) is 4.79 Å². The van der Waals surface area contributed by atoms with E-state index in [1.807, 2.05) is 25.1 Å². The van der Waals surface area contributed by atoms with Crippen LogP contribution in [-0.4, -0.2) is 17.9 Å². The summed E-state index contributed by atoms with van der Waals surface area (Å²) in [6.45, 7) is 1.94. The zero-order chi connectivity index (χ0) is 10.1. The lowest BCUT2D eigenvalue weighted by Gasteiger charge is -1.90. The second-order valence-corrected chi connectivity index (χ2v) is 4.07. The number of rotatable bonds is 1. The van der Waals surface area contributed by atoms with E-state index in [-0.39, 0.29) is 5.91 Å². The molecule has 0 fully saturated rings. The number of pyridine rings is 1. The van der Waals surface area contributed by atoms with Crippen molar-refractivity contribution in [1.29, 1.82) is 0 Å². The van der Waals surface area contributed by atoms with Crippen molar-refractivity contribution in [3.63, 3.8) is 0 Å². The molecule has 0 saturated carbocycles. The van der Waals surface area contributed by atoms with Gasteiger partial charge in [0.15, 0.2) is 0 Å². The first-order chi connectivity index (χ1) is 6.70. The normalized spacial score (nSPS) is 10.4. The van der Waals surface area contributed by atoms with Crippen molar-refractivity contribution >= 4 is 27.5 Å². The lowest BCUT2D eigenvalue weighted by Crippen LogP contribution is -2.15. The Morgan fingerprint density at radius 2 is 2.29 bits per heavy atom. The number of fused-ring (bicyclic) bond motifs is 1. The Bertz CT molecular complexity index is 490. The van der Waals surface area contributed by atoms with Crippen LogP contribution >= 0.6 is 11.3 Å². The fourth-order valence-electron chi connectivity index (χ4n) is 1.25. The third-order valence-corrected chi connectivity index (χ3v) is 3.02. The molecule has 0 bridgehead atoms. The van der Waals surface area contributed by atoms with Gasteiger partial charge in [-0.25, -0.2) is 4.98 Å². The Balaban J connectivity index is 2.56. The lowest BCUT2D eigenvalue weighted by atomic mass is 10.3. The Morgan fingerprint density at radius 3 is 3.00 bits per heavy atom. The zero-order valence-corrected chi connectivity index (χ0v) is 8.81. The van der Waals surface area contributed by atoms with Gasteiger partial charge in [-0.3, -0.25) is 4.79 Å². The third-order valence-electron chi connectivity index (χ3n) is 1.97. The minimum atomic E-state index is -0.0503. The quantitative estimate of drug-likeness (QED) is 0.775. The first kappa shape index (κ1) is 9.15. The van der Waals surface area contributed by atoms with E-state index >= 15 is 0 Å². The fraction of sp³-hybridized carbons (Fsp3) is 0.200. The number of carbonyl (C=O) groups is 1. The molecule has 72 valence electrons. The summed E-state index contributed by atoms with van der Waals surface area (Å²) in [5.74, 6) is -0.0503. The van der Waals surface area contributed by atoms with Gasteiger partial charge in [-0.05, 0) is 19.1 Å². The van der Waals surface area contributed by atoms with E-state index in [0.29, 0.717) is 4.88 Å². The molecule has 0 aliphatic carbocycles. The molecular weight excluding hydrogens is 196 g/mol. The molecule has 0 saturated heterocycles. The van der Waals surface area contributed by atoms with E-state index in [2.05, 4.69) is 10.3 Å². The highest BCUT2D eigenvalue weighted by Gasteiger charge is 2.08. The lowest BCUT2D eigenvalue weighted by molar-refractivity contribution is 0.0967. The van der Waals surface area contributed by atoms with Crippen LogP contribution in [0, 0.1) is 6.92 Å². The predicted octanol–water partition coefficient (Wildman–Crippen LogP) is 1.96. The van der Waals surface area contributed by atoms with E-state index in [0.717, 1.165) is 15.9 Å². The summed E-state index contributed by atoms with van der Waals surface area (Å²) < 4.78 is 0. The third kappa shape index (κ3) is 1.48. The number of aryl methyl sites for hydroxylation is 1. The maximum absolute atomic E-state index is 11.3. The van der Waals surface area contributed by atoms with Crippen molar-refractivity contribution < 1.29 is 4.79 Å². The Morgan fingerprint density at radius 1 is 1.50 bits per heavy atom. The topological polar surface area (TPSA) is 42.0 Å². The number of aromatic nitrogens is 1. The van der Waals surface area contributed by atoms with E-state index in [4.69, 9.17) is 0 Å². The van der Waals surface area contributed by atoms with Crippen molar-refractivity contribution in [3.8, 4) is 0 Å². The summed E-state index contributed by atoms with van der Waals surface area (Å²) in [5.41, 5.74) is 0.975. The van der Waals surface area contributed by atoms with Crippen molar-refractivity contribution in [2.75, 3.05) is 7.05 Å². The summed E-state index contributed by atoms with van der Waals surface area (Å²) >= 11 is 1.42. The van der Waals surface area contributed by atoms with Crippen molar-refractivity contribution in [2.45, 2.75) is 6.92 Å². The zero-order valence-electron chi connectivity index (χ0n) is 8.00. The van der Waals surface area contributed by atoms with Gasteiger partial charge in [-0.1, -0.05) is 6.07 Å². The average molecular weight is 206 g/mol. The number of nitrogens with zero attached hydrogens (tertiary/aromatic N) is 1. The summed E-state index contributed by atoms with van der Waals surface area (Å²) in [6.07, 6.45) is 0.